The van der Waals surface area contributed by atoms with Crippen LogP contribution in [-0.2, 0) is 10.5 Å². The molecule has 10 heteroatoms. The Kier molecular flexibility index (Phi) is 5.51. The van der Waals surface area contributed by atoms with Crippen LogP contribution in [0.4, 0.5) is 13.2 Å². The number of hydroxylamine groups is 2. The number of benzene rings is 2. The zero-order valence-corrected chi connectivity index (χ0v) is 16.8. The minimum Gasteiger partial charge on any atom is -0.342 e. The lowest BCUT2D eigenvalue weighted by Crippen LogP contribution is -2.54. The van der Waals surface area contributed by atoms with Gasteiger partial charge in [-0.05, 0) is 37.5 Å². The monoisotopic (exact) mass is 448 g/mol. The molecule has 1 N–H and O–H groups in total. The van der Waals surface area contributed by atoms with E-state index in [0.717, 1.165) is 11.0 Å². The van der Waals surface area contributed by atoms with Crippen molar-refractivity contribution < 1.29 is 37.5 Å². The molecule has 7 nitrogen and oxygen atoms in total. The number of carbonyl (C=O) groups is 3. The average Bonchev–Trinajstić information content (AvgIpc) is 3.14. The van der Waals surface area contributed by atoms with Gasteiger partial charge in [-0.25, -0.2) is 0 Å². The van der Waals surface area contributed by atoms with Gasteiger partial charge in [0.25, 0.3) is 23.4 Å². The number of fused-ring (bicyclic) bond motifs is 2. The van der Waals surface area contributed by atoms with Crippen molar-refractivity contribution in [1.29, 1.82) is 0 Å². The van der Waals surface area contributed by atoms with E-state index in [2.05, 4.69) is 0 Å². The summed E-state index contributed by atoms with van der Waals surface area (Å²) in [5.41, 5.74) is -3.35. The zero-order chi connectivity index (χ0) is 23.1. The van der Waals surface area contributed by atoms with Crippen molar-refractivity contribution in [3.05, 3.63) is 70.8 Å². The number of hydrogen-bond donors (Lipinski definition) is 1. The van der Waals surface area contributed by atoms with Crippen molar-refractivity contribution in [1.82, 2.24) is 9.96 Å². The highest BCUT2D eigenvalue weighted by Gasteiger charge is 2.68. The minimum absolute atomic E-state index is 0.129. The second kappa shape index (κ2) is 8.03. The van der Waals surface area contributed by atoms with Crippen molar-refractivity contribution in [3.63, 3.8) is 0 Å². The lowest BCUT2D eigenvalue weighted by atomic mass is 10.0. The first kappa shape index (κ1) is 22.0. The summed E-state index contributed by atoms with van der Waals surface area (Å²) >= 11 is 0. The molecule has 1 atom stereocenters. The predicted molar refractivity (Wildman–Crippen MR) is 104 cm³/mol. The third kappa shape index (κ3) is 3.26. The van der Waals surface area contributed by atoms with Crippen LogP contribution in [0.1, 0.15) is 55.9 Å². The summed E-state index contributed by atoms with van der Waals surface area (Å²) in [5, 5.41) is 9.61. The van der Waals surface area contributed by atoms with Crippen LogP contribution >= 0.6 is 0 Å². The average molecular weight is 448 g/mol. The lowest BCUT2D eigenvalue weighted by molar-refractivity contribution is -0.377. The van der Waals surface area contributed by atoms with Crippen LogP contribution in [0, 0.1) is 0 Å². The maximum absolute atomic E-state index is 14.0. The number of unbranched alkanes of at least 4 members (excludes halogenated alkanes) is 2. The molecule has 0 aliphatic carbocycles. The molecule has 1 unspecified atom stereocenters. The molecule has 2 aromatic rings. The number of imide groups is 1. The van der Waals surface area contributed by atoms with Gasteiger partial charge in [-0.3, -0.25) is 24.5 Å². The van der Waals surface area contributed by atoms with Crippen LogP contribution < -0.4 is 0 Å². The van der Waals surface area contributed by atoms with Crippen LogP contribution in [0.25, 0.3) is 0 Å². The number of amides is 3. The summed E-state index contributed by atoms with van der Waals surface area (Å²) in [5.74, 6) is -1.98. The topological polar surface area (TPSA) is 87.2 Å². The quantitative estimate of drug-likeness (QED) is 0.396. The SMILES string of the molecule is O=C1c2ccccc2C(=O)N1CCCCCOC1(C(F)(F)F)c2ccccc2C(=O)N1O. The smallest absolute Gasteiger partial charge is 0.342 e. The number of nitrogens with zero attached hydrogens (tertiary/aromatic N) is 2. The van der Waals surface area contributed by atoms with Crippen LogP contribution in [0.3, 0.4) is 0 Å². The maximum atomic E-state index is 14.0. The van der Waals surface area contributed by atoms with Gasteiger partial charge in [0.05, 0.1) is 23.3 Å². The standard InChI is InChI=1S/C22H19F3N2O5/c23-22(24,25)21(17-11-5-4-10-16(17)20(30)27(21)31)32-13-7-1-6-12-26-18(28)14-8-2-3-9-15(14)19(26)29/h2-5,8-11,31H,1,6-7,12-13H2. The summed E-state index contributed by atoms with van der Waals surface area (Å²) in [4.78, 5) is 37.9. The molecule has 2 aromatic carbocycles. The molecule has 0 bridgehead atoms. The molecule has 0 saturated heterocycles. The summed E-state index contributed by atoms with van der Waals surface area (Å²) in [7, 11) is 0. The molecule has 0 fully saturated rings. The fraction of sp³-hybridized carbons (Fsp3) is 0.318. The van der Waals surface area contributed by atoms with E-state index in [4.69, 9.17) is 4.74 Å². The van der Waals surface area contributed by atoms with E-state index in [1.54, 1.807) is 24.3 Å². The maximum Gasteiger partial charge on any atom is 0.443 e. The molecule has 0 aromatic heterocycles. The van der Waals surface area contributed by atoms with Crippen LogP contribution in [-0.4, -0.2) is 52.2 Å². The molecular weight excluding hydrogens is 429 g/mol. The van der Waals surface area contributed by atoms with E-state index in [9.17, 15) is 32.8 Å². The fourth-order valence-electron chi connectivity index (χ4n) is 4.04. The van der Waals surface area contributed by atoms with E-state index in [1.807, 2.05) is 0 Å². The van der Waals surface area contributed by atoms with E-state index in [-0.39, 0.29) is 18.5 Å². The van der Waals surface area contributed by atoms with Gasteiger partial charge in [-0.1, -0.05) is 30.3 Å². The fourth-order valence-corrected chi connectivity index (χ4v) is 4.04. The van der Waals surface area contributed by atoms with E-state index in [0.29, 0.717) is 24.0 Å². The van der Waals surface area contributed by atoms with Crippen molar-refractivity contribution in [2.45, 2.75) is 31.2 Å². The molecule has 0 saturated carbocycles. The van der Waals surface area contributed by atoms with E-state index >= 15 is 0 Å². The van der Waals surface area contributed by atoms with Gasteiger partial charge in [0.15, 0.2) is 0 Å². The van der Waals surface area contributed by atoms with Crippen LogP contribution in [0.15, 0.2) is 48.5 Å². The van der Waals surface area contributed by atoms with Gasteiger partial charge in [0, 0.05) is 12.1 Å². The predicted octanol–water partition coefficient (Wildman–Crippen LogP) is 3.73. The van der Waals surface area contributed by atoms with E-state index in [1.165, 1.54) is 18.2 Å². The van der Waals surface area contributed by atoms with Gasteiger partial charge < -0.3 is 4.74 Å². The first-order valence-corrected chi connectivity index (χ1v) is 9.99. The summed E-state index contributed by atoms with van der Waals surface area (Å²) in [6.45, 7) is -0.273. The van der Waals surface area contributed by atoms with Crippen molar-refractivity contribution in [3.8, 4) is 0 Å². The largest absolute Gasteiger partial charge is 0.443 e. The Morgan fingerprint density at radius 1 is 0.812 bits per heavy atom. The third-order valence-corrected chi connectivity index (χ3v) is 5.61. The van der Waals surface area contributed by atoms with Gasteiger partial charge in [-0.15, -0.1) is 0 Å². The molecule has 32 heavy (non-hydrogen) atoms. The highest BCUT2D eigenvalue weighted by molar-refractivity contribution is 6.21. The van der Waals surface area contributed by atoms with E-state index < -0.39 is 46.9 Å². The number of rotatable bonds is 7. The van der Waals surface area contributed by atoms with Crippen molar-refractivity contribution in [2.75, 3.05) is 13.2 Å². The Labute approximate surface area is 180 Å². The Morgan fingerprint density at radius 3 is 1.97 bits per heavy atom. The van der Waals surface area contributed by atoms with Crippen LogP contribution in [0.2, 0.25) is 0 Å². The normalized spacial score (nSPS) is 20.2. The highest BCUT2D eigenvalue weighted by atomic mass is 19.4. The van der Waals surface area contributed by atoms with Gasteiger partial charge in [0.2, 0.25) is 0 Å². The zero-order valence-electron chi connectivity index (χ0n) is 16.8. The molecule has 2 aliphatic heterocycles. The first-order valence-electron chi connectivity index (χ1n) is 9.99. The van der Waals surface area contributed by atoms with Gasteiger partial charge in [0.1, 0.15) is 0 Å². The third-order valence-electron chi connectivity index (χ3n) is 5.61. The molecule has 0 spiro atoms. The molecule has 0 radical (unpaired) electrons. The number of halogens is 3. The van der Waals surface area contributed by atoms with Crippen molar-refractivity contribution >= 4 is 17.7 Å². The Bertz CT molecular complexity index is 1050. The summed E-state index contributed by atoms with van der Waals surface area (Å²) < 4.78 is 47.0. The lowest BCUT2D eigenvalue weighted by Gasteiger charge is -2.36. The molecule has 2 aliphatic rings. The highest BCUT2D eigenvalue weighted by Crippen LogP contribution is 2.49. The second-order valence-electron chi connectivity index (χ2n) is 7.52. The first-order chi connectivity index (χ1) is 15.2. The molecule has 168 valence electrons. The summed E-state index contributed by atoms with van der Waals surface area (Å²) in [6.07, 6.45) is -4.19. The second-order valence-corrected chi connectivity index (χ2v) is 7.52. The number of alkyl halides is 3. The number of carbonyl (C=O) groups excluding carboxylic acids is 3. The molecule has 4 rings (SSSR count). The Morgan fingerprint density at radius 2 is 1.38 bits per heavy atom. The minimum atomic E-state index is -5.08. The summed E-state index contributed by atoms with van der Waals surface area (Å²) in [6, 6.07) is 11.5. The molecular formula is C22H19F3N2O5. The van der Waals surface area contributed by atoms with Crippen molar-refractivity contribution in [2.24, 2.45) is 0 Å². The Hall–Kier alpha value is -3.24. The molecule has 2 heterocycles. The number of hydrogen-bond acceptors (Lipinski definition) is 5. The molecule has 3 amide bonds. The number of ether oxygens (including phenoxy) is 1. The Balaban J connectivity index is 1.36. The van der Waals surface area contributed by atoms with Gasteiger partial charge in [-0.2, -0.15) is 18.2 Å². The van der Waals surface area contributed by atoms with Gasteiger partial charge >= 0.3 is 6.18 Å². The van der Waals surface area contributed by atoms with Crippen LogP contribution in [0.5, 0.6) is 0 Å².